The van der Waals surface area contributed by atoms with Crippen LogP contribution < -0.4 is 14.4 Å². The van der Waals surface area contributed by atoms with Crippen LogP contribution in [0.3, 0.4) is 0 Å². The monoisotopic (exact) mass is 441 g/mol. The number of nitrogens with zero attached hydrogens (tertiary/aromatic N) is 1. The van der Waals surface area contributed by atoms with Crippen molar-refractivity contribution in [2.24, 2.45) is 0 Å². The predicted molar refractivity (Wildman–Crippen MR) is 134 cm³/mol. The Labute approximate surface area is 196 Å². The maximum Gasteiger partial charge on any atom is 0.232 e. The third-order valence-corrected chi connectivity index (χ3v) is 6.16. The van der Waals surface area contributed by atoms with Crippen molar-refractivity contribution in [3.8, 4) is 11.5 Å². The van der Waals surface area contributed by atoms with Crippen LogP contribution in [0, 0.1) is 20.8 Å². The van der Waals surface area contributed by atoms with Gasteiger partial charge in [0.05, 0.1) is 5.56 Å². The number of rotatable bonds is 7. The molecule has 0 aliphatic carbocycles. The molecule has 3 aromatic carbocycles. The first-order chi connectivity index (χ1) is 15.9. The summed E-state index contributed by atoms with van der Waals surface area (Å²) < 4.78 is 12.0. The second kappa shape index (κ2) is 9.53. The number of anilines is 1. The van der Waals surface area contributed by atoms with Crippen LogP contribution in [0.15, 0.2) is 60.4 Å². The van der Waals surface area contributed by atoms with E-state index in [2.05, 4.69) is 62.9 Å². The summed E-state index contributed by atoms with van der Waals surface area (Å²) in [5, 5.41) is 0. The fraction of sp³-hybridized carbons (Fsp3) is 0.276. The normalized spacial score (nSPS) is 13.7. The number of benzene rings is 3. The molecule has 0 spiro atoms. The molecule has 0 fully saturated rings. The SMILES string of the molecule is CCN(CC)c1ccc(/C=C2\Oc3cc(OCc4cc(C)ccc4C)cc(C)c3C2=O)cc1. The topological polar surface area (TPSA) is 38.8 Å². The number of fused-ring (bicyclic) bond motifs is 1. The first-order valence-electron chi connectivity index (χ1n) is 11.5. The second-order valence-corrected chi connectivity index (χ2v) is 8.54. The van der Waals surface area contributed by atoms with Crippen LogP contribution in [0.1, 0.15) is 52.0 Å². The van der Waals surface area contributed by atoms with Crippen LogP contribution >= 0.6 is 0 Å². The van der Waals surface area contributed by atoms with Gasteiger partial charge in [-0.2, -0.15) is 0 Å². The molecular formula is C29H31NO3. The molecule has 0 bridgehead atoms. The maximum absolute atomic E-state index is 13.0. The molecule has 170 valence electrons. The van der Waals surface area contributed by atoms with E-state index in [1.807, 2.05) is 37.3 Å². The van der Waals surface area contributed by atoms with Gasteiger partial charge in [-0.3, -0.25) is 4.79 Å². The first kappa shape index (κ1) is 22.7. The highest BCUT2D eigenvalue weighted by Gasteiger charge is 2.30. The van der Waals surface area contributed by atoms with Crippen LogP contribution in [0.5, 0.6) is 11.5 Å². The third-order valence-electron chi connectivity index (χ3n) is 6.16. The summed E-state index contributed by atoms with van der Waals surface area (Å²) in [6.07, 6.45) is 1.81. The smallest absolute Gasteiger partial charge is 0.232 e. The average molecular weight is 442 g/mol. The summed E-state index contributed by atoms with van der Waals surface area (Å²) in [6, 6.07) is 18.3. The number of ether oxygens (including phenoxy) is 2. The zero-order valence-corrected chi connectivity index (χ0v) is 20.1. The van der Waals surface area contributed by atoms with Crippen molar-refractivity contribution in [3.05, 3.63) is 93.7 Å². The third kappa shape index (κ3) is 4.80. The zero-order valence-electron chi connectivity index (χ0n) is 20.1. The molecule has 4 nitrogen and oxygen atoms in total. The number of Topliss-reactive ketones (excluding diaryl/α,β-unsaturated/α-hetero) is 1. The number of allylic oxidation sites excluding steroid dienone is 1. The Bertz CT molecular complexity index is 1200. The lowest BCUT2D eigenvalue weighted by molar-refractivity contribution is 0.101. The molecule has 0 atom stereocenters. The molecule has 1 aliphatic heterocycles. The van der Waals surface area contributed by atoms with Crippen molar-refractivity contribution in [1.82, 2.24) is 0 Å². The van der Waals surface area contributed by atoms with E-state index in [1.54, 1.807) is 0 Å². The molecule has 1 heterocycles. The van der Waals surface area contributed by atoms with Crippen molar-refractivity contribution in [2.75, 3.05) is 18.0 Å². The van der Waals surface area contributed by atoms with Gasteiger partial charge in [0.25, 0.3) is 0 Å². The van der Waals surface area contributed by atoms with Crippen molar-refractivity contribution in [2.45, 2.75) is 41.2 Å². The van der Waals surface area contributed by atoms with Gasteiger partial charge in [0.2, 0.25) is 5.78 Å². The minimum atomic E-state index is -0.0867. The Morgan fingerprint density at radius 2 is 1.64 bits per heavy atom. The largest absolute Gasteiger partial charge is 0.489 e. The molecule has 0 unspecified atom stereocenters. The van der Waals surface area contributed by atoms with Gasteiger partial charge >= 0.3 is 0 Å². The van der Waals surface area contributed by atoms with Crippen molar-refractivity contribution in [1.29, 1.82) is 0 Å². The highest BCUT2D eigenvalue weighted by atomic mass is 16.5. The fourth-order valence-electron chi connectivity index (χ4n) is 4.20. The van der Waals surface area contributed by atoms with E-state index in [0.717, 1.165) is 29.8 Å². The lowest BCUT2D eigenvalue weighted by atomic mass is 10.0. The maximum atomic E-state index is 13.0. The Balaban J connectivity index is 1.53. The van der Waals surface area contributed by atoms with Gasteiger partial charge in [-0.1, -0.05) is 35.9 Å². The Morgan fingerprint density at radius 3 is 2.33 bits per heavy atom. The van der Waals surface area contributed by atoms with Gasteiger partial charge in [0.1, 0.15) is 18.1 Å². The Kier molecular flexibility index (Phi) is 6.55. The van der Waals surface area contributed by atoms with Crippen molar-refractivity contribution < 1.29 is 14.3 Å². The first-order valence-corrected chi connectivity index (χ1v) is 11.5. The summed E-state index contributed by atoms with van der Waals surface area (Å²) in [4.78, 5) is 15.3. The van der Waals surface area contributed by atoms with Gasteiger partial charge < -0.3 is 14.4 Å². The summed E-state index contributed by atoms with van der Waals surface area (Å²) in [5.74, 6) is 1.51. The molecule has 4 rings (SSSR count). The molecule has 0 amide bonds. The van der Waals surface area contributed by atoms with Crippen molar-refractivity contribution >= 4 is 17.5 Å². The van der Waals surface area contributed by atoms with E-state index in [4.69, 9.17) is 9.47 Å². The van der Waals surface area contributed by atoms with E-state index in [-0.39, 0.29) is 5.78 Å². The molecule has 4 heteroatoms. The molecule has 1 aliphatic rings. The summed E-state index contributed by atoms with van der Waals surface area (Å²) in [5.41, 5.74) is 7.13. The van der Waals surface area contributed by atoms with E-state index in [0.29, 0.717) is 29.4 Å². The average Bonchev–Trinajstić information content (AvgIpc) is 3.11. The molecule has 0 saturated carbocycles. The minimum absolute atomic E-state index is 0.0867. The number of hydrogen-bond donors (Lipinski definition) is 0. The number of ketones is 1. The number of aryl methyl sites for hydroxylation is 3. The van der Waals surface area contributed by atoms with Crippen LogP contribution in [0.2, 0.25) is 0 Å². The second-order valence-electron chi connectivity index (χ2n) is 8.54. The van der Waals surface area contributed by atoms with Crippen LogP contribution in [0.25, 0.3) is 6.08 Å². The number of hydrogen-bond acceptors (Lipinski definition) is 4. The predicted octanol–water partition coefficient (Wildman–Crippen LogP) is 6.65. The van der Waals surface area contributed by atoms with Crippen LogP contribution in [0.4, 0.5) is 5.69 Å². The zero-order chi connectivity index (χ0) is 23.5. The van der Waals surface area contributed by atoms with Gasteiger partial charge in [-0.05, 0) is 81.1 Å². The molecule has 0 radical (unpaired) electrons. The fourth-order valence-corrected chi connectivity index (χ4v) is 4.20. The molecule has 0 saturated heterocycles. The minimum Gasteiger partial charge on any atom is -0.489 e. The molecule has 0 aromatic heterocycles. The molecular weight excluding hydrogens is 410 g/mol. The Morgan fingerprint density at radius 1 is 0.909 bits per heavy atom. The van der Waals surface area contributed by atoms with E-state index >= 15 is 0 Å². The lowest BCUT2D eigenvalue weighted by Gasteiger charge is -2.20. The van der Waals surface area contributed by atoms with Gasteiger partial charge in [0, 0.05) is 24.8 Å². The molecule has 3 aromatic rings. The summed E-state index contributed by atoms with van der Waals surface area (Å²) in [6.45, 7) is 12.8. The summed E-state index contributed by atoms with van der Waals surface area (Å²) in [7, 11) is 0. The number of carbonyl (C=O) groups is 1. The van der Waals surface area contributed by atoms with E-state index in [9.17, 15) is 4.79 Å². The van der Waals surface area contributed by atoms with Crippen molar-refractivity contribution in [3.63, 3.8) is 0 Å². The van der Waals surface area contributed by atoms with Crippen LogP contribution in [-0.2, 0) is 6.61 Å². The van der Waals surface area contributed by atoms with Gasteiger partial charge in [-0.25, -0.2) is 0 Å². The van der Waals surface area contributed by atoms with E-state index in [1.165, 1.54) is 16.8 Å². The van der Waals surface area contributed by atoms with E-state index < -0.39 is 0 Å². The van der Waals surface area contributed by atoms with Crippen LogP contribution in [-0.4, -0.2) is 18.9 Å². The van der Waals surface area contributed by atoms with Gasteiger partial charge in [-0.15, -0.1) is 0 Å². The lowest BCUT2D eigenvalue weighted by Crippen LogP contribution is -2.21. The Hall–Kier alpha value is -3.53. The molecule has 0 N–H and O–H groups in total. The highest BCUT2D eigenvalue weighted by Crippen LogP contribution is 2.38. The summed E-state index contributed by atoms with van der Waals surface area (Å²) >= 11 is 0. The quantitative estimate of drug-likeness (QED) is 0.385. The molecule has 33 heavy (non-hydrogen) atoms. The van der Waals surface area contributed by atoms with Gasteiger partial charge in [0.15, 0.2) is 5.76 Å². The highest BCUT2D eigenvalue weighted by molar-refractivity contribution is 6.15. The number of carbonyl (C=O) groups excluding carboxylic acids is 1. The standard InChI is InChI=1S/C29H31NO3/c1-6-30(7-2)24-12-10-22(11-13-24)16-27-29(31)28-21(5)15-25(17-26(28)33-27)32-18-23-14-19(3)8-9-20(23)4/h8-17H,6-7,18H2,1-5H3/b27-16-.